The number of carbonyl (C=O) groups is 1. The first-order valence-electron chi connectivity index (χ1n) is 6.28. The number of amides is 1. The van der Waals surface area contributed by atoms with Crippen LogP contribution < -0.4 is 11.0 Å². The number of rotatable bonds is 4. The van der Waals surface area contributed by atoms with Gasteiger partial charge in [-0.15, -0.1) is 5.10 Å². The molecule has 6 nitrogen and oxygen atoms in total. The maximum absolute atomic E-state index is 12.0. The van der Waals surface area contributed by atoms with E-state index >= 15 is 0 Å². The van der Waals surface area contributed by atoms with Gasteiger partial charge in [-0.3, -0.25) is 9.20 Å². The molecule has 6 heteroatoms. The van der Waals surface area contributed by atoms with Crippen molar-refractivity contribution in [1.29, 1.82) is 0 Å². The Labute approximate surface area is 111 Å². The molecule has 2 aromatic heterocycles. The molecule has 0 aliphatic carbocycles. The average molecular weight is 262 g/mol. The molecule has 1 amide bonds. The Hall–Kier alpha value is -2.11. The lowest BCUT2D eigenvalue weighted by Gasteiger charge is -2.24. The van der Waals surface area contributed by atoms with Crippen molar-refractivity contribution in [1.82, 2.24) is 19.5 Å². The van der Waals surface area contributed by atoms with Gasteiger partial charge < -0.3 is 5.32 Å². The summed E-state index contributed by atoms with van der Waals surface area (Å²) >= 11 is 0. The van der Waals surface area contributed by atoms with Crippen LogP contribution in [-0.2, 0) is 11.3 Å². The molecule has 19 heavy (non-hydrogen) atoms. The number of carbonyl (C=O) groups excluding carboxylic acids is 1. The van der Waals surface area contributed by atoms with Gasteiger partial charge in [0.15, 0.2) is 5.65 Å². The van der Waals surface area contributed by atoms with Crippen LogP contribution in [0.3, 0.4) is 0 Å². The minimum atomic E-state index is -0.306. The van der Waals surface area contributed by atoms with Crippen LogP contribution in [0.2, 0.25) is 0 Å². The summed E-state index contributed by atoms with van der Waals surface area (Å²) < 4.78 is 2.59. The molecule has 0 spiro atoms. The highest BCUT2D eigenvalue weighted by molar-refractivity contribution is 5.76. The van der Waals surface area contributed by atoms with Crippen molar-refractivity contribution in [3.8, 4) is 0 Å². The fourth-order valence-corrected chi connectivity index (χ4v) is 1.71. The van der Waals surface area contributed by atoms with Gasteiger partial charge in [-0.25, -0.2) is 9.48 Å². The van der Waals surface area contributed by atoms with E-state index in [4.69, 9.17) is 0 Å². The third-order valence-corrected chi connectivity index (χ3v) is 3.14. The first-order chi connectivity index (χ1) is 8.93. The van der Waals surface area contributed by atoms with Gasteiger partial charge in [-0.1, -0.05) is 13.0 Å². The highest BCUT2D eigenvalue weighted by atomic mass is 16.2. The van der Waals surface area contributed by atoms with Crippen molar-refractivity contribution in [3.05, 3.63) is 34.9 Å². The quantitative estimate of drug-likeness (QED) is 0.886. The third-order valence-electron chi connectivity index (χ3n) is 3.14. The molecule has 0 radical (unpaired) electrons. The molecule has 0 saturated heterocycles. The van der Waals surface area contributed by atoms with E-state index in [0.29, 0.717) is 5.65 Å². The summed E-state index contributed by atoms with van der Waals surface area (Å²) in [6.45, 7) is 5.82. The van der Waals surface area contributed by atoms with Gasteiger partial charge in [0.05, 0.1) is 0 Å². The maximum Gasteiger partial charge on any atom is 0.350 e. The highest BCUT2D eigenvalue weighted by Crippen LogP contribution is 2.06. The first kappa shape index (κ1) is 13.3. The van der Waals surface area contributed by atoms with E-state index in [0.717, 1.165) is 6.42 Å². The Kier molecular flexibility index (Phi) is 3.42. The second-order valence-corrected chi connectivity index (χ2v) is 5.15. The van der Waals surface area contributed by atoms with Gasteiger partial charge in [0.25, 0.3) is 0 Å². The maximum atomic E-state index is 12.0. The minimum absolute atomic E-state index is 0.0655. The van der Waals surface area contributed by atoms with Gasteiger partial charge in [0.1, 0.15) is 6.54 Å². The van der Waals surface area contributed by atoms with Crippen molar-refractivity contribution in [2.24, 2.45) is 0 Å². The van der Waals surface area contributed by atoms with Crippen molar-refractivity contribution >= 4 is 11.6 Å². The number of fused-ring (bicyclic) bond motifs is 1. The SMILES string of the molecule is CCC(C)(C)NC(=O)Cn1nc2ccccn2c1=O. The number of hydrogen-bond acceptors (Lipinski definition) is 3. The monoisotopic (exact) mass is 262 g/mol. The van der Waals surface area contributed by atoms with Crippen LogP contribution in [0.25, 0.3) is 5.65 Å². The van der Waals surface area contributed by atoms with Crippen LogP contribution in [0.1, 0.15) is 27.2 Å². The summed E-state index contributed by atoms with van der Waals surface area (Å²) in [7, 11) is 0. The summed E-state index contributed by atoms with van der Waals surface area (Å²) in [6.07, 6.45) is 2.45. The number of aromatic nitrogens is 3. The lowest BCUT2D eigenvalue weighted by atomic mass is 10.0. The minimum Gasteiger partial charge on any atom is -0.350 e. The summed E-state index contributed by atoms with van der Waals surface area (Å²) in [6, 6.07) is 5.28. The summed E-state index contributed by atoms with van der Waals surface area (Å²) in [5.41, 5.74) is -0.0463. The summed E-state index contributed by atoms with van der Waals surface area (Å²) in [4.78, 5) is 23.9. The van der Waals surface area contributed by atoms with Crippen molar-refractivity contribution in [2.75, 3.05) is 0 Å². The average Bonchev–Trinajstić information content (AvgIpc) is 2.66. The van der Waals surface area contributed by atoms with Gasteiger partial charge in [-0.2, -0.15) is 0 Å². The van der Waals surface area contributed by atoms with E-state index in [1.807, 2.05) is 20.8 Å². The Bertz CT molecular complexity index is 654. The molecule has 102 valence electrons. The second kappa shape index (κ2) is 4.87. The molecule has 0 fully saturated rings. The van der Waals surface area contributed by atoms with Crippen LogP contribution >= 0.6 is 0 Å². The van der Waals surface area contributed by atoms with E-state index in [2.05, 4.69) is 10.4 Å². The molecule has 0 aromatic carbocycles. The molecule has 2 heterocycles. The lowest BCUT2D eigenvalue weighted by Crippen LogP contribution is -2.45. The largest absolute Gasteiger partial charge is 0.350 e. The lowest BCUT2D eigenvalue weighted by molar-refractivity contribution is -0.123. The zero-order valence-electron chi connectivity index (χ0n) is 11.4. The highest BCUT2D eigenvalue weighted by Gasteiger charge is 2.19. The molecule has 2 rings (SSSR count). The van der Waals surface area contributed by atoms with Crippen LogP contribution in [0, 0.1) is 0 Å². The molecular weight excluding hydrogens is 244 g/mol. The third kappa shape index (κ3) is 2.83. The van der Waals surface area contributed by atoms with Crippen molar-refractivity contribution < 1.29 is 4.79 Å². The van der Waals surface area contributed by atoms with Crippen molar-refractivity contribution in [3.63, 3.8) is 0 Å². The van der Waals surface area contributed by atoms with E-state index in [1.165, 1.54) is 9.08 Å². The molecule has 0 saturated carbocycles. The molecule has 0 bridgehead atoms. The smallest absolute Gasteiger partial charge is 0.350 e. The number of nitrogens with zero attached hydrogens (tertiary/aromatic N) is 3. The fourth-order valence-electron chi connectivity index (χ4n) is 1.71. The van der Waals surface area contributed by atoms with Crippen LogP contribution in [0.15, 0.2) is 29.2 Å². The fraction of sp³-hybridized carbons (Fsp3) is 0.462. The molecule has 1 N–H and O–H groups in total. The molecule has 0 aliphatic heterocycles. The molecular formula is C13H18N4O2. The van der Waals surface area contributed by atoms with E-state index in [1.54, 1.807) is 24.4 Å². The number of hydrogen-bond donors (Lipinski definition) is 1. The van der Waals surface area contributed by atoms with E-state index in [9.17, 15) is 9.59 Å². The molecule has 0 aliphatic rings. The van der Waals surface area contributed by atoms with Gasteiger partial charge in [0, 0.05) is 11.7 Å². The van der Waals surface area contributed by atoms with Crippen LogP contribution in [0.5, 0.6) is 0 Å². The first-order valence-corrected chi connectivity index (χ1v) is 6.28. The molecule has 0 atom stereocenters. The Balaban J connectivity index is 2.20. The normalized spacial score (nSPS) is 11.7. The number of pyridine rings is 1. The van der Waals surface area contributed by atoms with Crippen LogP contribution in [-0.4, -0.2) is 25.6 Å². The zero-order chi connectivity index (χ0) is 14.0. The summed E-state index contributed by atoms with van der Waals surface area (Å²) in [5, 5.41) is 6.99. The topological polar surface area (TPSA) is 68.4 Å². The molecule has 0 unspecified atom stereocenters. The van der Waals surface area contributed by atoms with Gasteiger partial charge in [-0.05, 0) is 32.4 Å². The van der Waals surface area contributed by atoms with Gasteiger partial charge in [0.2, 0.25) is 5.91 Å². The predicted octanol–water partition coefficient (Wildman–Crippen LogP) is 0.801. The summed E-state index contributed by atoms with van der Waals surface area (Å²) in [5.74, 6) is -0.211. The molecule has 2 aromatic rings. The van der Waals surface area contributed by atoms with Crippen molar-refractivity contribution in [2.45, 2.75) is 39.3 Å². The van der Waals surface area contributed by atoms with E-state index < -0.39 is 0 Å². The van der Waals surface area contributed by atoms with Gasteiger partial charge >= 0.3 is 5.69 Å². The van der Waals surface area contributed by atoms with E-state index in [-0.39, 0.29) is 23.7 Å². The number of nitrogens with one attached hydrogen (secondary N) is 1. The predicted molar refractivity (Wildman–Crippen MR) is 72.0 cm³/mol. The Morgan fingerprint density at radius 1 is 1.42 bits per heavy atom. The Morgan fingerprint density at radius 3 is 2.79 bits per heavy atom. The second-order valence-electron chi connectivity index (χ2n) is 5.15. The van der Waals surface area contributed by atoms with Crippen LogP contribution in [0.4, 0.5) is 0 Å². The standard InChI is InChI=1S/C13H18N4O2/c1-4-13(2,3)14-11(18)9-17-12(19)16-8-6-5-7-10(16)15-17/h5-8H,4,9H2,1-3H3,(H,14,18). The zero-order valence-corrected chi connectivity index (χ0v) is 11.4. The Morgan fingerprint density at radius 2 is 2.16 bits per heavy atom.